The molecule has 2 aromatic heterocycles. The molecule has 0 aliphatic carbocycles. The van der Waals surface area contributed by atoms with Crippen LogP contribution in [0.15, 0.2) is 36.5 Å². The van der Waals surface area contributed by atoms with Crippen LogP contribution in [0.25, 0.3) is 0 Å². The molecule has 0 radical (unpaired) electrons. The molecule has 0 unspecified atom stereocenters. The van der Waals surface area contributed by atoms with Crippen LogP contribution in [-0.2, 0) is 12.1 Å². The van der Waals surface area contributed by atoms with Gasteiger partial charge in [0.2, 0.25) is 5.95 Å². The van der Waals surface area contributed by atoms with Crippen molar-refractivity contribution < 1.29 is 28.8 Å². The molecule has 1 aromatic carbocycles. The number of aromatic nitrogens is 3. The Morgan fingerprint density at radius 3 is 2.55 bits per heavy atom. The normalized spacial score (nSPS) is 16.3. The van der Waals surface area contributed by atoms with Crippen LogP contribution < -0.4 is 20.0 Å². The summed E-state index contributed by atoms with van der Waals surface area (Å²) in [7, 11) is 2.08. The highest BCUT2D eigenvalue weighted by Crippen LogP contribution is 2.39. The van der Waals surface area contributed by atoms with E-state index in [2.05, 4.69) is 37.1 Å². The second-order valence-electron chi connectivity index (χ2n) is 10.9. The van der Waals surface area contributed by atoms with Crippen molar-refractivity contribution in [1.29, 1.82) is 0 Å². The van der Waals surface area contributed by atoms with Crippen LogP contribution in [0.1, 0.15) is 25.1 Å². The van der Waals surface area contributed by atoms with Crippen molar-refractivity contribution in [3.63, 3.8) is 0 Å². The van der Waals surface area contributed by atoms with Crippen molar-refractivity contribution in [2.24, 2.45) is 0 Å². The predicted molar refractivity (Wildman–Crippen MR) is 154 cm³/mol. The number of benzene rings is 1. The third-order valence-corrected chi connectivity index (χ3v) is 7.08. The number of ether oxygens (including phenoxy) is 1. The molecule has 1 fully saturated rings. The lowest BCUT2D eigenvalue weighted by Crippen LogP contribution is -2.44. The topological polar surface area (TPSA) is 134 Å². The number of pyridine rings is 1. The smallest absolute Gasteiger partial charge is 0.253 e. The SMILES string of the molecule is CN1CCN(c2ccc(Nc3ncc4c(n3)N(c3cc(O)cc(C(C)(C)O)n3)N(CC(F)F)C4)cc2OCCO)CC1. The molecule has 0 saturated carbocycles. The number of anilines is 5. The Kier molecular flexibility index (Phi) is 8.59. The molecule has 14 heteroatoms. The summed E-state index contributed by atoms with van der Waals surface area (Å²) in [6, 6.07) is 8.29. The van der Waals surface area contributed by atoms with Crippen molar-refractivity contribution in [1.82, 2.24) is 24.9 Å². The van der Waals surface area contributed by atoms with E-state index in [0.29, 0.717) is 22.8 Å². The summed E-state index contributed by atoms with van der Waals surface area (Å²) < 4.78 is 33.0. The van der Waals surface area contributed by atoms with Gasteiger partial charge in [0.25, 0.3) is 6.43 Å². The van der Waals surface area contributed by atoms with E-state index in [1.165, 1.54) is 36.0 Å². The van der Waals surface area contributed by atoms with E-state index in [4.69, 9.17) is 4.74 Å². The molecule has 1 saturated heterocycles. The maximum Gasteiger partial charge on any atom is 0.253 e. The first-order valence-corrected chi connectivity index (χ1v) is 13.7. The zero-order valence-electron chi connectivity index (χ0n) is 23.8. The predicted octanol–water partition coefficient (Wildman–Crippen LogP) is 2.80. The Balaban J connectivity index is 1.46. The average molecular weight is 587 g/mol. The van der Waals surface area contributed by atoms with Crippen LogP contribution in [0, 0.1) is 0 Å². The molecule has 0 spiro atoms. The lowest BCUT2D eigenvalue weighted by atomic mass is 10.0. The highest BCUT2D eigenvalue weighted by molar-refractivity contribution is 5.69. The van der Waals surface area contributed by atoms with Gasteiger partial charge < -0.3 is 35.2 Å². The molecule has 4 heterocycles. The van der Waals surface area contributed by atoms with E-state index < -0.39 is 18.6 Å². The molecule has 3 aromatic rings. The van der Waals surface area contributed by atoms with Crippen molar-refractivity contribution in [2.75, 3.05) is 68.2 Å². The second kappa shape index (κ2) is 12.2. The molecule has 0 bridgehead atoms. The number of nitrogens with zero attached hydrogens (tertiary/aromatic N) is 7. The van der Waals surface area contributed by atoms with Gasteiger partial charge in [-0.05, 0) is 33.0 Å². The number of nitrogens with one attached hydrogen (secondary N) is 1. The molecule has 2 aliphatic heterocycles. The van der Waals surface area contributed by atoms with Crippen LogP contribution in [0.4, 0.5) is 37.7 Å². The number of piperazine rings is 1. The van der Waals surface area contributed by atoms with Gasteiger partial charge in [-0.3, -0.25) is 0 Å². The minimum atomic E-state index is -2.64. The summed E-state index contributed by atoms with van der Waals surface area (Å²) in [6.07, 6.45) is -1.08. The van der Waals surface area contributed by atoms with Gasteiger partial charge in [-0.15, -0.1) is 0 Å². The number of hydrogen-bond donors (Lipinski definition) is 4. The Morgan fingerprint density at radius 1 is 1.10 bits per heavy atom. The molecule has 0 atom stereocenters. The van der Waals surface area contributed by atoms with Gasteiger partial charge in [-0.1, -0.05) is 0 Å². The van der Waals surface area contributed by atoms with E-state index in [1.807, 2.05) is 18.2 Å². The van der Waals surface area contributed by atoms with Gasteiger partial charge in [-0.25, -0.2) is 28.8 Å². The fraction of sp³-hybridized carbons (Fsp3) is 0.464. The molecule has 5 rings (SSSR count). The minimum Gasteiger partial charge on any atom is -0.508 e. The lowest BCUT2D eigenvalue weighted by molar-refractivity contribution is 0.0728. The lowest BCUT2D eigenvalue weighted by Gasteiger charge is -2.35. The number of hydrogen-bond acceptors (Lipinski definition) is 12. The van der Waals surface area contributed by atoms with Gasteiger partial charge in [0, 0.05) is 68.4 Å². The Labute approximate surface area is 242 Å². The van der Waals surface area contributed by atoms with Crippen LogP contribution in [0.2, 0.25) is 0 Å². The number of hydrazine groups is 1. The van der Waals surface area contributed by atoms with Crippen LogP contribution in [0.5, 0.6) is 11.5 Å². The molecule has 2 aliphatic rings. The highest BCUT2D eigenvalue weighted by atomic mass is 19.3. The fourth-order valence-corrected chi connectivity index (χ4v) is 4.94. The standard InChI is InChI=1S/C28H36F2N8O4/c1-28(2,41)23-13-20(40)14-25(33-23)38-26-18(16-37(38)17-24(29)30)15-31-27(34-26)32-19-4-5-21(22(12-19)42-11-10-39)36-8-6-35(3)7-9-36/h4-5,12-15,24,39,41H,6-11,16-17H2,1-3H3,(H,33,40)(H,31,32,34). The minimum absolute atomic E-state index is 0.105. The summed E-state index contributed by atoms with van der Waals surface area (Å²) in [5, 5.41) is 36.2. The number of halogens is 2. The van der Waals surface area contributed by atoms with Gasteiger partial charge in [0.15, 0.2) is 11.6 Å². The Bertz CT molecular complexity index is 1400. The molecule has 0 amide bonds. The van der Waals surface area contributed by atoms with Crippen molar-refractivity contribution in [3.05, 3.63) is 47.8 Å². The first kappa shape index (κ1) is 29.6. The quantitative estimate of drug-likeness (QED) is 0.278. The summed E-state index contributed by atoms with van der Waals surface area (Å²) in [5.41, 5.74) is 0.936. The van der Waals surface area contributed by atoms with Gasteiger partial charge >= 0.3 is 0 Å². The zero-order valence-corrected chi connectivity index (χ0v) is 23.8. The van der Waals surface area contributed by atoms with E-state index in [1.54, 1.807) is 6.20 Å². The largest absolute Gasteiger partial charge is 0.508 e. The number of aliphatic hydroxyl groups excluding tert-OH is 1. The Morgan fingerprint density at radius 2 is 1.86 bits per heavy atom. The molecule has 226 valence electrons. The number of likely N-dealkylation sites (N-methyl/N-ethyl adjacent to an activating group) is 1. The van der Waals surface area contributed by atoms with Gasteiger partial charge in [0.05, 0.1) is 24.5 Å². The van der Waals surface area contributed by atoms with Crippen molar-refractivity contribution >= 4 is 29.0 Å². The number of fused-ring (bicyclic) bond motifs is 1. The summed E-state index contributed by atoms with van der Waals surface area (Å²) >= 11 is 0. The van der Waals surface area contributed by atoms with E-state index >= 15 is 0 Å². The highest BCUT2D eigenvalue weighted by Gasteiger charge is 2.34. The number of alkyl halides is 2. The first-order chi connectivity index (χ1) is 20.0. The van der Waals surface area contributed by atoms with Gasteiger partial charge in [0.1, 0.15) is 23.7 Å². The molecular weight excluding hydrogens is 550 g/mol. The van der Waals surface area contributed by atoms with Crippen molar-refractivity contribution in [3.8, 4) is 11.5 Å². The number of aromatic hydroxyl groups is 1. The molecule has 12 nitrogen and oxygen atoms in total. The molecule has 4 N–H and O–H groups in total. The third kappa shape index (κ3) is 6.62. The molecule has 42 heavy (non-hydrogen) atoms. The summed E-state index contributed by atoms with van der Waals surface area (Å²) in [6.45, 7) is 6.08. The second-order valence-corrected chi connectivity index (χ2v) is 10.9. The maximum atomic E-state index is 13.6. The van der Waals surface area contributed by atoms with Gasteiger partial charge in [-0.2, -0.15) is 4.98 Å². The van der Waals surface area contributed by atoms with E-state index in [0.717, 1.165) is 31.9 Å². The number of aliphatic hydroxyl groups is 2. The fourth-order valence-electron chi connectivity index (χ4n) is 4.94. The summed E-state index contributed by atoms with van der Waals surface area (Å²) in [4.78, 5) is 18.0. The summed E-state index contributed by atoms with van der Waals surface area (Å²) in [5.74, 6) is 1.09. The monoisotopic (exact) mass is 586 g/mol. The van der Waals surface area contributed by atoms with Crippen LogP contribution >= 0.6 is 0 Å². The van der Waals surface area contributed by atoms with E-state index in [9.17, 15) is 24.1 Å². The third-order valence-electron chi connectivity index (χ3n) is 7.08. The van der Waals surface area contributed by atoms with Crippen molar-refractivity contribution in [2.45, 2.75) is 32.4 Å². The van der Waals surface area contributed by atoms with Crippen LogP contribution in [-0.4, -0.2) is 99.6 Å². The van der Waals surface area contributed by atoms with E-state index in [-0.39, 0.29) is 43.0 Å². The average Bonchev–Trinajstić information content (AvgIpc) is 3.28. The first-order valence-electron chi connectivity index (χ1n) is 13.7. The van der Waals surface area contributed by atoms with Crippen LogP contribution in [0.3, 0.4) is 0 Å². The molecular formula is C28H36F2N8O4. The zero-order chi connectivity index (χ0) is 30.0. The maximum absolute atomic E-state index is 13.6. The number of rotatable bonds is 10. The Hall–Kier alpha value is -3.85.